The maximum Gasteiger partial charge on any atom is 0.267 e. The first-order valence-corrected chi connectivity index (χ1v) is 11.9. The average molecular weight is 486 g/mol. The lowest BCUT2D eigenvalue weighted by Crippen LogP contribution is -2.30. The minimum absolute atomic E-state index is 0.0296. The van der Waals surface area contributed by atoms with Crippen molar-refractivity contribution in [2.24, 2.45) is 0 Å². The number of halogens is 1. The second kappa shape index (κ2) is 8.60. The van der Waals surface area contributed by atoms with Crippen molar-refractivity contribution < 1.29 is 13.9 Å². The summed E-state index contributed by atoms with van der Waals surface area (Å²) in [5.41, 5.74) is 2.53. The van der Waals surface area contributed by atoms with Gasteiger partial charge in [-0.25, -0.2) is 14.1 Å². The zero-order chi connectivity index (χ0) is 24.9. The Balaban J connectivity index is 1.21. The predicted octanol–water partition coefficient (Wildman–Crippen LogP) is 3.83. The van der Waals surface area contributed by atoms with E-state index in [9.17, 15) is 14.0 Å². The Morgan fingerprint density at radius 2 is 2.00 bits per heavy atom. The molecule has 36 heavy (non-hydrogen) atoms. The van der Waals surface area contributed by atoms with Crippen LogP contribution in [0.15, 0.2) is 59.5 Å². The second-order valence-electron chi connectivity index (χ2n) is 9.54. The highest BCUT2D eigenvalue weighted by atomic mass is 19.1. The topological polar surface area (TPSA) is 99.0 Å². The number of hydrogen-bond acceptors (Lipinski definition) is 6. The summed E-state index contributed by atoms with van der Waals surface area (Å²) in [6, 6.07) is 14.0. The molecule has 1 atom stereocenters. The fourth-order valence-corrected chi connectivity index (χ4v) is 4.47. The van der Waals surface area contributed by atoms with Gasteiger partial charge in [-0.15, -0.1) is 0 Å². The zero-order valence-corrected chi connectivity index (χ0v) is 19.7. The summed E-state index contributed by atoms with van der Waals surface area (Å²) in [4.78, 5) is 34.0. The van der Waals surface area contributed by atoms with E-state index in [0.717, 1.165) is 23.8 Å². The van der Waals surface area contributed by atoms with Gasteiger partial charge in [0.15, 0.2) is 5.67 Å². The van der Waals surface area contributed by atoms with Crippen molar-refractivity contribution in [3.05, 3.63) is 87.5 Å². The molecule has 1 aromatic carbocycles. The Morgan fingerprint density at radius 3 is 2.83 bits per heavy atom. The summed E-state index contributed by atoms with van der Waals surface area (Å²) in [6.07, 6.45) is 3.64. The number of rotatable bonds is 5. The van der Waals surface area contributed by atoms with Crippen molar-refractivity contribution in [1.82, 2.24) is 25.1 Å². The number of nitrogens with zero attached hydrogens (tertiary/aromatic N) is 4. The zero-order valence-electron chi connectivity index (χ0n) is 19.7. The number of nitrogens with one attached hydrogen (secondary N) is 1. The first-order valence-electron chi connectivity index (χ1n) is 11.9. The number of alkyl halides is 1. The lowest BCUT2D eigenvalue weighted by molar-refractivity contribution is -0.00467. The van der Waals surface area contributed by atoms with Crippen LogP contribution < -0.4 is 10.9 Å². The Hall–Kier alpha value is -3.98. The minimum atomic E-state index is -1.63. The Bertz CT molecular complexity index is 1560. The first kappa shape index (κ1) is 22.5. The number of fused-ring (bicyclic) bond motifs is 2. The van der Waals surface area contributed by atoms with E-state index in [4.69, 9.17) is 9.72 Å². The van der Waals surface area contributed by atoms with E-state index in [1.807, 2.05) is 18.2 Å². The molecule has 2 aliphatic rings. The van der Waals surface area contributed by atoms with Crippen LogP contribution in [0, 0.1) is 0 Å². The molecule has 1 amide bonds. The SMILES string of the molecule is C[C@@]1(F)COCc2ccc(C(=O)NCc3cc4nc(-c5ccc(=O)n(C6CC6)n5)ccc4cn3)cc21. The van der Waals surface area contributed by atoms with Crippen LogP contribution in [0.5, 0.6) is 0 Å². The maximum atomic E-state index is 14.9. The van der Waals surface area contributed by atoms with Crippen LogP contribution in [0.1, 0.15) is 53.0 Å². The first-order chi connectivity index (χ1) is 17.4. The third-order valence-electron chi connectivity index (χ3n) is 6.60. The monoisotopic (exact) mass is 485 g/mol. The molecule has 182 valence electrons. The Morgan fingerprint density at radius 1 is 1.17 bits per heavy atom. The van der Waals surface area contributed by atoms with Gasteiger partial charge in [-0.05, 0) is 67.3 Å². The van der Waals surface area contributed by atoms with Gasteiger partial charge in [-0.2, -0.15) is 5.10 Å². The van der Waals surface area contributed by atoms with Crippen molar-refractivity contribution in [3.63, 3.8) is 0 Å². The second-order valence-corrected chi connectivity index (χ2v) is 9.54. The quantitative estimate of drug-likeness (QED) is 0.461. The van der Waals surface area contributed by atoms with Crippen molar-refractivity contribution in [1.29, 1.82) is 0 Å². The van der Waals surface area contributed by atoms with Crippen LogP contribution in [0.25, 0.3) is 22.3 Å². The normalized spacial score (nSPS) is 19.2. The van der Waals surface area contributed by atoms with Crippen molar-refractivity contribution in [2.75, 3.05) is 6.61 Å². The molecule has 0 saturated heterocycles. The lowest BCUT2D eigenvalue weighted by Gasteiger charge is -2.29. The van der Waals surface area contributed by atoms with E-state index in [1.54, 1.807) is 30.5 Å². The van der Waals surface area contributed by atoms with E-state index in [1.165, 1.54) is 17.7 Å². The van der Waals surface area contributed by atoms with Gasteiger partial charge in [0.2, 0.25) is 0 Å². The fourth-order valence-electron chi connectivity index (χ4n) is 4.47. The molecule has 0 spiro atoms. The van der Waals surface area contributed by atoms with Crippen LogP contribution in [-0.4, -0.2) is 32.3 Å². The Kier molecular flexibility index (Phi) is 5.37. The number of carbonyl (C=O) groups is 1. The highest BCUT2D eigenvalue weighted by Crippen LogP contribution is 2.34. The van der Waals surface area contributed by atoms with Crippen LogP contribution >= 0.6 is 0 Å². The molecular formula is C27H24FN5O3. The molecule has 1 N–H and O–H groups in total. The van der Waals surface area contributed by atoms with Crippen LogP contribution in [0.2, 0.25) is 0 Å². The molecule has 0 unspecified atom stereocenters. The smallest absolute Gasteiger partial charge is 0.267 e. The van der Waals surface area contributed by atoms with Gasteiger partial charge >= 0.3 is 0 Å². The van der Waals surface area contributed by atoms with Crippen LogP contribution in [-0.2, 0) is 23.6 Å². The molecule has 1 aliphatic heterocycles. The summed E-state index contributed by atoms with van der Waals surface area (Å²) in [5, 5.41) is 8.21. The molecule has 4 heterocycles. The third kappa shape index (κ3) is 4.26. The van der Waals surface area contributed by atoms with Gasteiger partial charge in [0, 0.05) is 23.2 Å². The summed E-state index contributed by atoms with van der Waals surface area (Å²) in [5.74, 6) is -0.310. The average Bonchev–Trinajstić information content (AvgIpc) is 3.72. The highest BCUT2D eigenvalue weighted by Gasteiger charge is 2.33. The Labute approximate surface area is 206 Å². The van der Waals surface area contributed by atoms with Crippen molar-refractivity contribution in [2.45, 2.75) is 44.6 Å². The summed E-state index contributed by atoms with van der Waals surface area (Å²) in [7, 11) is 0. The van der Waals surface area contributed by atoms with Gasteiger partial charge in [0.1, 0.15) is 5.69 Å². The molecule has 1 saturated carbocycles. The fraction of sp³-hybridized carbons (Fsp3) is 0.296. The summed E-state index contributed by atoms with van der Waals surface area (Å²) < 4.78 is 21.7. The van der Waals surface area contributed by atoms with E-state index in [0.29, 0.717) is 40.3 Å². The number of ether oxygens (including phenoxy) is 1. The van der Waals surface area contributed by atoms with Gasteiger partial charge in [-0.3, -0.25) is 14.6 Å². The molecule has 4 aromatic rings. The van der Waals surface area contributed by atoms with E-state index in [2.05, 4.69) is 15.4 Å². The summed E-state index contributed by atoms with van der Waals surface area (Å²) in [6.45, 7) is 1.96. The minimum Gasteiger partial charge on any atom is -0.373 e. The van der Waals surface area contributed by atoms with Gasteiger partial charge in [-0.1, -0.05) is 6.07 Å². The number of carbonyl (C=O) groups excluding carboxylic acids is 1. The van der Waals surface area contributed by atoms with Crippen LogP contribution in [0.4, 0.5) is 4.39 Å². The lowest BCUT2D eigenvalue weighted by atomic mass is 9.90. The number of amides is 1. The molecule has 3 aromatic heterocycles. The van der Waals surface area contributed by atoms with Crippen molar-refractivity contribution >= 4 is 16.8 Å². The van der Waals surface area contributed by atoms with Gasteiger partial charge in [0.25, 0.3) is 11.5 Å². The predicted molar refractivity (Wildman–Crippen MR) is 131 cm³/mol. The molecule has 9 heteroatoms. The molecule has 1 fully saturated rings. The maximum absolute atomic E-state index is 14.9. The standard InChI is InChI=1S/C27H24FN5O3/c1-27(28)15-36-14-18-3-2-16(10-21(18)27)26(35)30-13-19-11-24-17(12-29-19)4-7-22(31-24)23-8-9-25(34)33(32-23)20-5-6-20/h2-4,7-12,20H,5-6,13-15H2,1H3,(H,30,35)/t27-/m1/s1. The molecule has 0 radical (unpaired) electrons. The molecule has 1 aliphatic carbocycles. The molecule has 0 bridgehead atoms. The van der Waals surface area contributed by atoms with E-state index >= 15 is 0 Å². The number of aromatic nitrogens is 4. The van der Waals surface area contributed by atoms with Crippen LogP contribution in [0.3, 0.4) is 0 Å². The number of hydrogen-bond donors (Lipinski definition) is 1. The number of pyridine rings is 2. The van der Waals surface area contributed by atoms with E-state index < -0.39 is 5.67 Å². The molecule has 6 rings (SSSR count). The van der Waals surface area contributed by atoms with E-state index in [-0.39, 0.29) is 30.7 Å². The van der Waals surface area contributed by atoms with Crippen molar-refractivity contribution in [3.8, 4) is 11.4 Å². The number of benzene rings is 1. The summed E-state index contributed by atoms with van der Waals surface area (Å²) >= 11 is 0. The molecular weight excluding hydrogens is 461 g/mol. The van der Waals surface area contributed by atoms with Gasteiger partial charge in [0.05, 0.1) is 42.7 Å². The van der Waals surface area contributed by atoms with Gasteiger partial charge < -0.3 is 10.1 Å². The largest absolute Gasteiger partial charge is 0.373 e. The molecule has 8 nitrogen and oxygen atoms in total. The third-order valence-corrected chi connectivity index (χ3v) is 6.60. The highest BCUT2D eigenvalue weighted by molar-refractivity contribution is 5.94.